The van der Waals surface area contributed by atoms with Crippen molar-refractivity contribution in [3.63, 3.8) is 0 Å². The summed E-state index contributed by atoms with van der Waals surface area (Å²) in [6.07, 6.45) is -1.26. The van der Waals surface area contributed by atoms with Crippen molar-refractivity contribution in [3.05, 3.63) is 23.5 Å². The van der Waals surface area contributed by atoms with Crippen LogP contribution >= 0.6 is 11.3 Å². The lowest BCUT2D eigenvalue weighted by Crippen LogP contribution is -2.34. The maximum Gasteiger partial charge on any atom is 0.330 e. The highest BCUT2D eigenvalue weighted by Gasteiger charge is 2.41. The van der Waals surface area contributed by atoms with Crippen LogP contribution in [0.1, 0.15) is 5.69 Å². The van der Waals surface area contributed by atoms with Crippen LogP contribution in [-0.2, 0) is 11.2 Å². The minimum Gasteiger partial charge on any atom is -0.390 e. The summed E-state index contributed by atoms with van der Waals surface area (Å²) in [7, 11) is 0. The fourth-order valence-electron chi connectivity index (χ4n) is 1.57. The number of ether oxygens (including phenoxy) is 1. The highest BCUT2D eigenvalue weighted by Crippen LogP contribution is 2.23. The van der Waals surface area contributed by atoms with E-state index in [9.17, 15) is 22.7 Å². The van der Waals surface area contributed by atoms with Gasteiger partial charge in [0.1, 0.15) is 6.61 Å². The fourth-order valence-corrected chi connectivity index (χ4v) is 2.29. The van der Waals surface area contributed by atoms with E-state index in [0.717, 1.165) is 4.96 Å². The number of hydrogen-bond donors (Lipinski definition) is 1. The van der Waals surface area contributed by atoms with Gasteiger partial charge in [0.2, 0.25) is 0 Å². The van der Waals surface area contributed by atoms with Gasteiger partial charge in [0.05, 0.1) is 18.4 Å². The second kappa shape index (κ2) is 6.06. The van der Waals surface area contributed by atoms with Crippen LogP contribution < -0.4 is 0 Å². The molecule has 2 aromatic rings. The van der Waals surface area contributed by atoms with Gasteiger partial charge >= 0.3 is 12.3 Å². The Hall–Kier alpha value is -1.19. The Morgan fingerprint density at radius 3 is 2.85 bits per heavy atom. The quantitative estimate of drug-likeness (QED) is 0.798. The number of halogens is 4. The highest BCUT2D eigenvalue weighted by atomic mass is 32.1. The van der Waals surface area contributed by atoms with Crippen molar-refractivity contribution in [2.45, 2.75) is 24.9 Å². The number of aliphatic hydroxyl groups is 1. The Balaban J connectivity index is 1.78. The van der Waals surface area contributed by atoms with E-state index in [1.54, 1.807) is 16.8 Å². The van der Waals surface area contributed by atoms with Gasteiger partial charge in [-0.05, 0) is 0 Å². The largest absolute Gasteiger partial charge is 0.390 e. The van der Waals surface area contributed by atoms with Crippen molar-refractivity contribution in [3.8, 4) is 0 Å². The summed E-state index contributed by atoms with van der Waals surface area (Å²) in [6.45, 7) is -1.87. The summed E-state index contributed by atoms with van der Waals surface area (Å²) >= 11 is 1.42. The second-order valence-electron chi connectivity index (χ2n) is 4.26. The molecule has 1 atom stereocenters. The lowest BCUT2D eigenvalue weighted by molar-refractivity contribution is -0.170. The van der Waals surface area contributed by atoms with E-state index in [1.807, 2.05) is 5.38 Å². The summed E-state index contributed by atoms with van der Waals surface area (Å²) in [5, 5.41) is 11.4. The summed E-state index contributed by atoms with van der Waals surface area (Å²) in [4.78, 5) is 4.94. The number of nitrogens with zero attached hydrogens (tertiary/aromatic N) is 2. The molecule has 0 spiro atoms. The second-order valence-corrected chi connectivity index (χ2v) is 5.13. The van der Waals surface area contributed by atoms with E-state index in [2.05, 4.69) is 9.72 Å². The van der Waals surface area contributed by atoms with Gasteiger partial charge in [-0.3, -0.25) is 4.40 Å². The van der Waals surface area contributed by atoms with Gasteiger partial charge in [-0.15, -0.1) is 11.3 Å². The van der Waals surface area contributed by atoms with E-state index >= 15 is 0 Å². The molecule has 0 aliphatic carbocycles. The molecule has 2 rings (SSSR count). The third-order valence-corrected chi connectivity index (χ3v) is 3.28. The predicted octanol–water partition coefficient (Wildman–Crippen LogP) is 2.22. The Bertz CT molecular complexity index is 529. The summed E-state index contributed by atoms with van der Waals surface area (Å²) in [5.41, 5.74) is 0.577. The number of thiazole rings is 1. The fraction of sp³-hybridized carbons (Fsp3) is 0.545. The van der Waals surface area contributed by atoms with Crippen LogP contribution in [0, 0.1) is 0 Å². The minimum absolute atomic E-state index is 0.106. The van der Waals surface area contributed by atoms with E-state index in [0.29, 0.717) is 5.69 Å². The van der Waals surface area contributed by atoms with Crippen LogP contribution in [0.5, 0.6) is 0 Å². The minimum atomic E-state index is -4.20. The molecule has 0 amide bonds. The van der Waals surface area contributed by atoms with Crippen LogP contribution in [0.4, 0.5) is 17.6 Å². The van der Waals surface area contributed by atoms with E-state index in [1.165, 1.54) is 11.3 Å². The van der Waals surface area contributed by atoms with Crippen LogP contribution in [0.15, 0.2) is 17.8 Å². The lowest BCUT2D eigenvalue weighted by Gasteiger charge is -2.16. The molecule has 4 nitrogen and oxygen atoms in total. The smallest absolute Gasteiger partial charge is 0.330 e. The number of imidazole rings is 1. The number of rotatable bonds is 7. The van der Waals surface area contributed by atoms with Crippen molar-refractivity contribution in [1.29, 1.82) is 0 Å². The lowest BCUT2D eigenvalue weighted by atomic mass is 10.2. The molecular weight excluding hydrogens is 300 g/mol. The predicted molar refractivity (Wildman–Crippen MR) is 64.5 cm³/mol. The summed E-state index contributed by atoms with van der Waals surface area (Å²) < 4.78 is 55.0. The molecule has 0 bridgehead atoms. The van der Waals surface area contributed by atoms with Crippen molar-refractivity contribution in [1.82, 2.24) is 9.38 Å². The first kappa shape index (κ1) is 15.2. The zero-order chi connectivity index (χ0) is 14.8. The topological polar surface area (TPSA) is 46.8 Å². The first-order chi connectivity index (χ1) is 9.38. The molecule has 1 N–H and O–H groups in total. The molecule has 9 heteroatoms. The molecule has 112 valence electrons. The maximum absolute atomic E-state index is 12.6. The number of aliphatic hydroxyl groups excluding tert-OH is 1. The van der Waals surface area contributed by atoms with Crippen LogP contribution in [0.25, 0.3) is 4.96 Å². The SMILES string of the molecule is OC(COCC(F)(F)C(F)F)Cc1cn2ccsc2n1. The molecule has 0 radical (unpaired) electrons. The van der Waals surface area contributed by atoms with Crippen molar-refractivity contribution in [2.75, 3.05) is 13.2 Å². The molecular formula is C11H12F4N2O2S. The Morgan fingerprint density at radius 1 is 1.45 bits per heavy atom. The summed E-state index contributed by atoms with van der Waals surface area (Å²) in [5.74, 6) is -4.20. The summed E-state index contributed by atoms with van der Waals surface area (Å²) in [6, 6.07) is 0. The molecule has 0 fully saturated rings. The molecule has 0 saturated carbocycles. The molecule has 0 aliphatic heterocycles. The van der Waals surface area contributed by atoms with E-state index < -0.39 is 31.7 Å². The number of aromatic nitrogens is 2. The monoisotopic (exact) mass is 312 g/mol. The van der Waals surface area contributed by atoms with Gasteiger partial charge in [0.15, 0.2) is 4.96 Å². The molecule has 2 aromatic heterocycles. The number of fused-ring (bicyclic) bond motifs is 1. The molecule has 0 saturated heterocycles. The van der Waals surface area contributed by atoms with Gasteiger partial charge < -0.3 is 9.84 Å². The van der Waals surface area contributed by atoms with Crippen LogP contribution in [0.2, 0.25) is 0 Å². The van der Waals surface area contributed by atoms with Crippen LogP contribution in [0.3, 0.4) is 0 Å². The van der Waals surface area contributed by atoms with Crippen molar-refractivity contribution in [2.24, 2.45) is 0 Å². The third-order valence-electron chi connectivity index (χ3n) is 2.51. The highest BCUT2D eigenvalue weighted by molar-refractivity contribution is 7.15. The molecule has 2 heterocycles. The van der Waals surface area contributed by atoms with Gasteiger partial charge in [-0.1, -0.05) is 0 Å². The Labute approximate surface area is 115 Å². The first-order valence-corrected chi connectivity index (χ1v) is 6.59. The van der Waals surface area contributed by atoms with Gasteiger partial charge in [0, 0.05) is 24.2 Å². The molecule has 0 aliphatic rings. The number of alkyl halides is 4. The first-order valence-electron chi connectivity index (χ1n) is 5.71. The zero-order valence-corrected chi connectivity index (χ0v) is 11.0. The third kappa shape index (κ3) is 3.68. The Kier molecular flexibility index (Phi) is 4.61. The van der Waals surface area contributed by atoms with Crippen molar-refractivity contribution >= 4 is 16.3 Å². The Morgan fingerprint density at radius 2 is 2.20 bits per heavy atom. The molecule has 0 aromatic carbocycles. The molecule has 20 heavy (non-hydrogen) atoms. The zero-order valence-electron chi connectivity index (χ0n) is 10.2. The number of hydrogen-bond acceptors (Lipinski definition) is 4. The van der Waals surface area contributed by atoms with Gasteiger partial charge in [0.25, 0.3) is 0 Å². The van der Waals surface area contributed by atoms with Gasteiger partial charge in [-0.2, -0.15) is 8.78 Å². The normalized spacial score (nSPS) is 14.3. The van der Waals surface area contributed by atoms with Crippen LogP contribution in [-0.4, -0.2) is 46.2 Å². The maximum atomic E-state index is 12.6. The average molecular weight is 312 g/mol. The van der Waals surface area contributed by atoms with E-state index in [4.69, 9.17) is 0 Å². The molecule has 1 unspecified atom stereocenters. The standard InChI is InChI=1S/C11H12F4N2O2S/c12-9(13)11(14,15)6-19-5-8(18)3-7-4-17-1-2-20-10(17)16-7/h1-2,4,8-9,18H,3,5-6H2. The van der Waals surface area contributed by atoms with E-state index in [-0.39, 0.29) is 6.42 Å². The van der Waals surface area contributed by atoms with Crippen molar-refractivity contribution < 1.29 is 27.4 Å². The van der Waals surface area contributed by atoms with Gasteiger partial charge in [-0.25, -0.2) is 13.8 Å². The average Bonchev–Trinajstić information content (AvgIpc) is 2.88.